The highest BCUT2D eigenvalue weighted by Gasteiger charge is 2.04. The number of anilines is 1. The Balaban J connectivity index is 2.20. The van der Waals surface area contributed by atoms with E-state index < -0.39 is 0 Å². The van der Waals surface area contributed by atoms with Crippen LogP contribution in [0.15, 0.2) is 41.2 Å². The number of benzene rings is 1. The van der Waals surface area contributed by atoms with E-state index in [1.807, 2.05) is 12.1 Å². The van der Waals surface area contributed by atoms with Crippen LogP contribution < -0.4 is 11.3 Å². The first-order valence-electron chi connectivity index (χ1n) is 7.59. The van der Waals surface area contributed by atoms with Crippen LogP contribution in [-0.2, 0) is 13.5 Å². The molecule has 1 heterocycles. The lowest BCUT2D eigenvalue weighted by molar-refractivity contribution is 0.701. The van der Waals surface area contributed by atoms with Gasteiger partial charge in [0.15, 0.2) is 0 Å². The van der Waals surface area contributed by atoms with Crippen molar-refractivity contribution in [1.82, 2.24) is 9.55 Å². The van der Waals surface area contributed by atoms with Crippen LogP contribution in [0.2, 0.25) is 0 Å². The molecule has 4 nitrogen and oxygen atoms in total. The van der Waals surface area contributed by atoms with Gasteiger partial charge in [0.25, 0.3) is 5.56 Å². The van der Waals surface area contributed by atoms with Crippen LogP contribution in [0.25, 0.3) is 6.08 Å². The van der Waals surface area contributed by atoms with E-state index in [1.165, 1.54) is 10.6 Å². The molecule has 1 atom stereocenters. The van der Waals surface area contributed by atoms with Gasteiger partial charge in [-0.15, -0.1) is 0 Å². The molecule has 116 valence electrons. The van der Waals surface area contributed by atoms with Gasteiger partial charge in [-0.25, -0.2) is 4.98 Å². The van der Waals surface area contributed by atoms with Crippen LogP contribution >= 0.6 is 0 Å². The minimum absolute atomic E-state index is 0.129. The number of nitrogen functional groups attached to an aromatic ring is 1. The zero-order valence-corrected chi connectivity index (χ0v) is 13.4. The van der Waals surface area contributed by atoms with Gasteiger partial charge in [0.2, 0.25) is 5.95 Å². The molecular formula is C18H23N3O. The quantitative estimate of drug-likeness (QED) is 0.923. The molecule has 0 amide bonds. The number of hydrogen-bond acceptors (Lipinski definition) is 3. The predicted octanol–water partition coefficient (Wildman–Crippen LogP) is 3.01. The Hall–Kier alpha value is -2.36. The number of hydrogen-bond donors (Lipinski definition) is 1. The molecule has 1 unspecified atom stereocenters. The topological polar surface area (TPSA) is 60.9 Å². The van der Waals surface area contributed by atoms with Gasteiger partial charge >= 0.3 is 0 Å². The summed E-state index contributed by atoms with van der Waals surface area (Å²) in [4.78, 5) is 16.0. The maximum atomic E-state index is 11.8. The molecule has 2 rings (SSSR count). The van der Waals surface area contributed by atoms with Gasteiger partial charge < -0.3 is 5.73 Å². The third-order valence-electron chi connectivity index (χ3n) is 3.82. The molecule has 0 aliphatic rings. The van der Waals surface area contributed by atoms with E-state index >= 15 is 0 Å². The van der Waals surface area contributed by atoms with E-state index in [0.717, 1.165) is 17.5 Å². The highest BCUT2D eigenvalue weighted by Crippen LogP contribution is 2.13. The van der Waals surface area contributed by atoms with E-state index in [0.29, 0.717) is 18.0 Å². The van der Waals surface area contributed by atoms with Gasteiger partial charge in [-0.05, 0) is 17.0 Å². The van der Waals surface area contributed by atoms with Gasteiger partial charge in [0.1, 0.15) is 0 Å². The second-order valence-corrected chi connectivity index (χ2v) is 5.67. The van der Waals surface area contributed by atoms with Crippen molar-refractivity contribution in [2.45, 2.75) is 26.7 Å². The molecule has 0 saturated carbocycles. The largest absolute Gasteiger partial charge is 0.369 e. The lowest BCUT2D eigenvalue weighted by Crippen LogP contribution is -2.21. The zero-order chi connectivity index (χ0) is 16.1. The van der Waals surface area contributed by atoms with Gasteiger partial charge in [-0.1, -0.05) is 56.7 Å². The molecule has 0 spiro atoms. The SMILES string of the molecule is CCC(C)C=Cc1cccc(Cc2cc(=O)n(C)c(N)n2)c1. The summed E-state index contributed by atoms with van der Waals surface area (Å²) in [5.41, 5.74) is 8.59. The van der Waals surface area contributed by atoms with Crippen molar-refractivity contribution in [3.63, 3.8) is 0 Å². The Morgan fingerprint density at radius 3 is 2.82 bits per heavy atom. The highest BCUT2D eigenvalue weighted by molar-refractivity contribution is 5.51. The van der Waals surface area contributed by atoms with Gasteiger partial charge in [-0.3, -0.25) is 9.36 Å². The molecular weight excluding hydrogens is 274 g/mol. The number of rotatable bonds is 5. The summed E-state index contributed by atoms with van der Waals surface area (Å²) in [7, 11) is 1.62. The molecule has 2 aromatic rings. The fourth-order valence-corrected chi connectivity index (χ4v) is 2.12. The number of allylic oxidation sites excluding steroid dienone is 1. The number of nitrogens with two attached hydrogens (primary N) is 1. The lowest BCUT2D eigenvalue weighted by Gasteiger charge is -2.06. The van der Waals surface area contributed by atoms with Crippen molar-refractivity contribution >= 4 is 12.0 Å². The Bertz CT molecular complexity index is 731. The average Bonchev–Trinajstić information content (AvgIpc) is 2.50. The third-order valence-corrected chi connectivity index (χ3v) is 3.82. The molecule has 0 fully saturated rings. The Labute approximate surface area is 131 Å². The molecule has 0 radical (unpaired) electrons. The van der Waals surface area contributed by atoms with Crippen molar-refractivity contribution in [2.24, 2.45) is 13.0 Å². The van der Waals surface area contributed by atoms with Crippen LogP contribution in [0.5, 0.6) is 0 Å². The zero-order valence-electron chi connectivity index (χ0n) is 13.4. The van der Waals surface area contributed by atoms with Gasteiger partial charge in [-0.2, -0.15) is 0 Å². The summed E-state index contributed by atoms with van der Waals surface area (Å²) in [5, 5.41) is 0. The molecule has 1 aromatic carbocycles. The monoisotopic (exact) mass is 297 g/mol. The van der Waals surface area contributed by atoms with Crippen LogP contribution in [0, 0.1) is 5.92 Å². The Morgan fingerprint density at radius 1 is 1.36 bits per heavy atom. The van der Waals surface area contributed by atoms with Crippen molar-refractivity contribution in [3.8, 4) is 0 Å². The smallest absolute Gasteiger partial charge is 0.254 e. The lowest BCUT2D eigenvalue weighted by atomic mass is 10.0. The van der Waals surface area contributed by atoms with Crippen molar-refractivity contribution in [2.75, 3.05) is 5.73 Å². The first kappa shape index (κ1) is 16.0. The Morgan fingerprint density at radius 2 is 2.14 bits per heavy atom. The average molecular weight is 297 g/mol. The van der Waals surface area contributed by atoms with E-state index in [2.05, 4.69) is 43.1 Å². The maximum Gasteiger partial charge on any atom is 0.254 e. The standard InChI is InChI=1S/C18H23N3O/c1-4-13(2)8-9-14-6-5-7-15(10-14)11-16-12-17(22)21(3)18(19)20-16/h5-10,12-13H,4,11H2,1-3H3,(H2,19,20). The van der Waals surface area contributed by atoms with Crippen LogP contribution in [0.1, 0.15) is 37.1 Å². The summed E-state index contributed by atoms with van der Waals surface area (Å²) in [5.74, 6) is 0.817. The molecule has 0 saturated heterocycles. The van der Waals surface area contributed by atoms with Crippen molar-refractivity contribution in [1.29, 1.82) is 0 Å². The highest BCUT2D eigenvalue weighted by atomic mass is 16.1. The molecule has 4 heteroatoms. The summed E-state index contributed by atoms with van der Waals surface area (Å²) in [6.45, 7) is 4.38. The maximum absolute atomic E-state index is 11.8. The molecule has 1 aromatic heterocycles. The summed E-state index contributed by atoms with van der Waals surface area (Å²) < 4.78 is 1.34. The molecule has 0 aliphatic heterocycles. The molecule has 22 heavy (non-hydrogen) atoms. The molecule has 0 aliphatic carbocycles. The van der Waals surface area contributed by atoms with Crippen molar-refractivity contribution < 1.29 is 0 Å². The van der Waals surface area contributed by atoms with Gasteiger partial charge in [0, 0.05) is 19.5 Å². The fraction of sp³-hybridized carbons (Fsp3) is 0.333. The number of aromatic nitrogens is 2. The van der Waals surface area contributed by atoms with E-state index in [4.69, 9.17) is 5.73 Å². The van der Waals surface area contributed by atoms with E-state index in [1.54, 1.807) is 7.05 Å². The molecule has 2 N–H and O–H groups in total. The number of nitrogens with zero attached hydrogens (tertiary/aromatic N) is 2. The minimum atomic E-state index is -0.129. The first-order chi connectivity index (χ1) is 10.5. The van der Waals surface area contributed by atoms with Crippen LogP contribution in [0.4, 0.5) is 5.95 Å². The summed E-state index contributed by atoms with van der Waals surface area (Å²) >= 11 is 0. The fourth-order valence-electron chi connectivity index (χ4n) is 2.12. The summed E-state index contributed by atoms with van der Waals surface area (Å²) in [6, 6.07) is 9.80. The van der Waals surface area contributed by atoms with E-state index in [-0.39, 0.29) is 11.5 Å². The normalized spacial score (nSPS) is 12.7. The second-order valence-electron chi connectivity index (χ2n) is 5.67. The van der Waals surface area contributed by atoms with Crippen LogP contribution in [-0.4, -0.2) is 9.55 Å². The van der Waals surface area contributed by atoms with Crippen LogP contribution in [0.3, 0.4) is 0 Å². The third kappa shape index (κ3) is 4.07. The molecule has 0 bridgehead atoms. The van der Waals surface area contributed by atoms with Crippen molar-refractivity contribution in [3.05, 3.63) is 63.6 Å². The second kappa shape index (κ2) is 7.07. The predicted molar refractivity (Wildman–Crippen MR) is 91.6 cm³/mol. The van der Waals surface area contributed by atoms with E-state index in [9.17, 15) is 4.79 Å². The minimum Gasteiger partial charge on any atom is -0.369 e. The summed E-state index contributed by atoms with van der Waals surface area (Å²) in [6.07, 6.45) is 6.09. The Kier molecular flexibility index (Phi) is 5.15. The first-order valence-corrected chi connectivity index (χ1v) is 7.59. The van der Waals surface area contributed by atoms with Gasteiger partial charge in [0.05, 0.1) is 5.69 Å².